The molecule has 0 heterocycles. The molecule has 0 aromatic rings. The average Bonchev–Trinajstić information content (AvgIpc) is 1.81. The molecule has 0 spiro atoms. The second kappa shape index (κ2) is 4.64. The van der Waals surface area contributed by atoms with Gasteiger partial charge in [0.25, 0.3) is 0 Å². The Morgan fingerprint density at radius 1 is 1.46 bits per heavy atom. The molecule has 0 aromatic carbocycles. The van der Waals surface area contributed by atoms with Crippen molar-refractivity contribution >= 4 is 12.2 Å². The molecule has 0 saturated carbocycles. The van der Waals surface area contributed by atoms with Crippen LogP contribution < -0.4 is 11.2 Å². The number of hydrogen-bond donors (Lipinski definition) is 2. The summed E-state index contributed by atoms with van der Waals surface area (Å²) in [5, 5.41) is 3.70. The molecule has 3 N–H and O–H groups in total. The van der Waals surface area contributed by atoms with Gasteiger partial charge in [-0.2, -0.15) is 5.10 Å². The van der Waals surface area contributed by atoms with Crippen molar-refractivity contribution in [3.8, 4) is 0 Å². The molecule has 0 saturated heterocycles. The number of rotatable bonds is 3. The van der Waals surface area contributed by atoms with Crippen LogP contribution in [-0.2, 0) is 0 Å². The summed E-state index contributed by atoms with van der Waals surface area (Å²) in [6.07, 6.45) is 3.70. The summed E-state index contributed by atoms with van der Waals surface area (Å²) < 4.78 is 0. The fourth-order valence-corrected chi connectivity index (χ4v) is 1.04. The van der Waals surface area contributed by atoms with E-state index in [4.69, 9.17) is 5.73 Å². The molecule has 0 bridgehead atoms. The van der Waals surface area contributed by atoms with Gasteiger partial charge in [0, 0.05) is 11.6 Å². The van der Waals surface area contributed by atoms with E-state index in [9.17, 15) is 4.79 Å². The van der Waals surface area contributed by atoms with Crippen molar-refractivity contribution in [1.29, 1.82) is 0 Å². The van der Waals surface area contributed by atoms with Crippen LogP contribution in [0.25, 0.3) is 0 Å². The minimum atomic E-state index is -0.649. The summed E-state index contributed by atoms with van der Waals surface area (Å²) in [5.74, 6) is 0. The van der Waals surface area contributed by atoms with E-state index in [-0.39, 0.29) is 5.41 Å². The predicted octanol–water partition coefficient (Wildman–Crippen LogP) is 1.63. The van der Waals surface area contributed by atoms with Crippen LogP contribution in [0.5, 0.6) is 0 Å². The molecule has 0 aliphatic carbocycles. The third kappa shape index (κ3) is 7.05. The molecule has 0 fully saturated rings. The standard InChI is InChI=1S/C9H17N3O/c1-7(2)5-9(3,4)6-11-12-8(10)13/h5-6H,1-4H3,(H3,10,12,13)/b11-6+. The molecule has 74 valence electrons. The van der Waals surface area contributed by atoms with Gasteiger partial charge in [-0.15, -0.1) is 0 Å². The number of hydrazone groups is 1. The second-order valence-electron chi connectivity index (χ2n) is 3.78. The lowest BCUT2D eigenvalue weighted by molar-refractivity contribution is 0.249. The third-order valence-corrected chi connectivity index (χ3v) is 1.23. The van der Waals surface area contributed by atoms with Crippen molar-refractivity contribution in [3.63, 3.8) is 0 Å². The molecule has 13 heavy (non-hydrogen) atoms. The van der Waals surface area contributed by atoms with Gasteiger partial charge in [-0.1, -0.05) is 25.5 Å². The van der Waals surface area contributed by atoms with Gasteiger partial charge in [-0.3, -0.25) is 0 Å². The molecule has 0 aliphatic heterocycles. The zero-order valence-corrected chi connectivity index (χ0v) is 8.59. The average molecular weight is 183 g/mol. The minimum Gasteiger partial charge on any atom is -0.350 e. The molecule has 4 heteroatoms. The van der Waals surface area contributed by atoms with Gasteiger partial charge < -0.3 is 5.73 Å². The first kappa shape index (κ1) is 11.7. The smallest absolute Gasteiger partial charge is 0.332 e. The zero-order valence-electron chi connectivity index (χ0n) is 8.59. The Bertz CT molecular complexity index is 237. The summed E-state index contributed by atoms with van der Waals surface area (Å²) in [7, 11) is 0. The van der Waals surface area contributed by atoms with Crippen molar-refractivity contribution in [2.45, 2.75) is 27.7 Å². The van der Waals surface area contributed by atoms with Crippen LogP contribution in [0.3, 0.4) is 0 Å². The van der Waals surface area contributed by atoms with Gasteiger partial charge in [0.2, 0.25) is 0 Å². The Morgan fingerprint density at radius 3 is 2.38 bits per heavy atom. The number of amides is 2. The van der Waals surface area contributed by atoms with E-state index in [1.54, 1.807) is 6.21 Å². The highest BCUT2D eigenvalue weighted by atomic mass is 16.2. The fraction of sp³-hybridized carbons (Fsp3) is 0.556. The number of hydrogen-bond acceptors (Lipinski definition) is 2. The number of carbonyl (C=O) groups is 1. The van der Waals surface area contributed by atoms with Crippen LogP contribution in [-0.4, -0.2) is 12.2 Å². The second-order valence-corrected chi connectivity index (χ2v) is 3.78. The van der Waals surface area contributed by atoms with Crippen LogP contribution in [0.2, 0.25) is 0 Å². The Labute approximate surface area is 78.9 Å². The van der Waals surface area contributed by atoms with Crippen molar-refractivity contribution in [3.05, 3.63) is 11.6 Å². The van der Waals surface area contributed by atoms with Crippen LogP contribution in [0.1, 0.15) is 27.7 Å². The third-order valence-electron chi connectivity index (χ3n) is 1.23. The Balaban J connectivity index is 4.24. The lowest BCUT2D eigenvalue weighted by atomic mass is 9.93. The fourth-order valence-electron chi connectivity index (χ4n) is 1.04. The number of nitrogens with zero attached hydrogens (tertiary/aromatic N) is 1. The summed E-state index contributed by atoms with van der Waals surface area (Å²) in [6.45, 7) is 8.01. The monoisotopic (exact) mass is 183 g/mol. The van der Waals surface area contributed by atoms with Crippen LogP contribution in [0.15, 0.2) is 16.8 Å². The molecule has 0 radical (unpaired) electrons. The number of allylic oxidation sites excluding steroid dienone is 2. The molecular weight excluding hydrogens is 166 g/mol. The maximum Gasteiger partial charge on any atom is 0.332 e. The number of urea groups is 1. The highest BCUT2D eigenvalue weighted by molar-refractivity contribution is 5.74. The number of nitrogens with two attached hydrogens (primary N) is 1. The maximum absolute atomic E-state index is 10.3. The van der Waals surface area contributed by atoms with Gasteiger partial charge >= 0.3 is 6.03 Å². The first-order valence-corrected chi connectivity index (χ1v) is 4.09. The largest absolute Gasteiger partial charge is 0.350 e. The van der Waals surface area contributed by atoms with E-state index in [0.717, 1.165) is 0 Å². The quantitative estimate of drug-likeness (QED) is 0.390. The van der Waals surface area contributed by atoms with Gasteiger partial charge in [0.05, 0.1) is 0 Å². The topological polar surface area (TPSA) is 67.5 Å². The van der Waals surface area contributed by atoms with Crippen LogP contribution in [0, 0.1) is 5.41 Å². The summed E-state index contributed by atoms with van der Waals surface area (Å²) in [5.41, 5.74) is 8.04. The maximum atomic E-state index is 10.3. The van der Waals surface area contributed by atoms with E-state index < -0.39 is 6.03 Å². The zero-order chi connectivity index (χ0) is 10.5. The normalized spacial score (nSPS) is 11.4. The molecule has 0 rings (SSSR count). The van der Waals surface area contributed by atoms with E-state index in [1.807, 2.05) is 27.7 Å². The minimum absolute atomic E-state index is 0.165. The Morgan fingerprint density at radius 2 is 2.00 bits per heavy atom. The summed E-state index contributed by atoms with van der Waals surface area (Å²) in [4.78, 5) is 10.3. The van der Waals surface area contributed by atoms with Gasteiger partial charge in [-0.25, -0.2) is 10.2 Å². The van der Waals surface area contributed by atoms with Gasteiger partial charge in [-0.05, 0) is 13.8 Å². The number of carbonyl (C=O) groups excluding carboxylic acids is 1. The van der Waals surface area contributed by atoms with Crippen molar-refractivity contribution in [2.75, 3.05) is 0 Å². The highest BCUT2D eigenvalue weighted by Gasteiger charge is 2.10. The Hall–Kier alpha value is -1.32. The lowest BCUT2D eigenvalue weighted by Crippen LogP contribution is -2.25. The number of primary amides is 1. The summed E-state index contributed by atoms with van der Waals surface area (Å²) >= 11 is 0. The van der Waals surface area contributed by atoms with Gasteiger partial charge in [0.15, 0.2) is 0 Å². The van der Waals surface area contributed by atoms with Crippen molar-refractivity contribution in [2.24, 2.45) is 16.3 Å². The molecule has 4 nitrogen and oxygen atoms in total. The molecule has 2 amide bonds. The predicted molar refractivity (Wildman–Crippen MR) is 54.4 cm³/mol. The SMILES string of the molecule is CC(C)=CC(C)(C)/C=N/NC(N)=O. The van der Waals surface area contributed by atoms with E-state index >= 15 is 0 Å². The van der Waals surface area contributed by atoms with Crippen molar-refractivity contribution < 1.29 is 4.79 Å². The Kier molecular flexibility index (Phi) is 4.17. The van der Waals surface area contributed by atoms with Gasteiger partial charge in [0.1, 0.15) is 0 Å². The molecule has 0 aromatic heterocycles. The van der Waals surface area contributed by atoms with E-state index in [0.29, 0.717) is 0 Å². The van der Waals surface area contributed by atoms with E-state index in [2.05, 4.69) is 16.6 Å². The molecule has 0 aliphatic rings. The van der Waals surface area contributed by atoms with Crippen LogP contribution in [0.4, 0.5) is 4.79 Å². The summed E-state index contributed by atoms with van der Waals surface area (Å²) in [6, 6.07) is -0.649. The molecular formula is C9H17N3O. The number of nitrogens with one attached hydrogen (secondary N) is 1. The van der Waals surface area contributed by atoms with Crippen LogP contribution >= 0.6 is 0 Å². The molecule has 0 unspecified atom stereocenters. The lowest BCUT2D eigenvalue weighted by Gasteiger charge is -2.13. The van der Waals surface area contributed by atoms with Crippen molar-refractivity contribution in [1.82, 2.24) is 5.43 Å². The first-order valence-electron chi connectivity index (χ1n) is 4.09. The van der Waals surface area contributed by atoms with E-state index in [1.165, 1.54) is 5.57 Å². The molecule has 0 atom stereocenters. The first-order chi connectivity index (χ1) is 5.83. The highest BCUT2D eigenvalue weighted by Crippen LogP contribution is 2.15.